The van der Waals surface area contributed by atoms with Gasteiger partial charge in [0, 0.05) is 18.0 Å². The van der Waals surface area contributed by atoms with Crippen molar-refractivity contribution in [1.29, 1.82) is 0 Å². The van der Waals surface area contributed by atoms with Gasteiger partial charge in [0.1, 0.15) is 5.82 Å². The lowest BCUT2D eigenvalue weighted by atomic mass is 10.0. The van der Waals surface area contributed by atoms with Crippen molar-refractivity contribution in [2.45, 2.75) is 39.7 Å². The van der Waals surface area contributed by atoms with Gasteiger partial charge in [0.25, 0.3) is 5.91 Å². The van der Waals surface area contributed by atoms with E-state index in [2.05, 4.69) is 31.0 Å². The van der Waals surface area contributed by atoms with Crippen molar-refractivity contribution < 1.29 is 14.3 Å². The van der Waals surface area contributed by atoms with Gasteiger partial charge in [-0.3, -0.25) is 4.79 Å². The molecule has 0 saturated carbocycles. The molecule has 114 valence electrons. The van der Waals surface area contributed by atoms with Crippen LogP contribution >= 0.6 is 0 Å². The number of halogens is 1. The lowest BCUT2D eigenvalue weighted by Crippen LogP contribution is -2.33. The zero-order valence-corrected chi connectivity index (χ0v) is 12.7. The molecule has 2 N–H and O–H groups in total. The number of rotatable bonds is 5. The van der Waals surface area contributed by atoms with Gasteiger partial charge >= 0.3 is 0 Å². The Kier molecular flexibility index (Phi) is 6.90. The highest BCUT2D eigenvalue weighted by Gasteiger charge is 2.14. The average Bonchev–Trinajstić information content (AvgIpc) is 2.37. The summed E-state index contributed by atoms with van der Waals surface area (Å²) < 4.78 is 13.3. The summed E-state index contributed by atoms with van der Waals surface area (Å²) in [6.07, 6.45) is 1.17. The summed E-state index contributed by atoms with van der Waals surface area (Å²) in [6, 6.07) is 3.97. The Morgan fingerprint density at radius 1 is 1.38 bits per heavy atom. The average molecular weight is 291 g/mol. The molecule has 0 aromatic heterocycles. The third-order valence-electron chi connectivity index (χ3n) is 2.89. The van der Waals surface area contributed by atoms with Crippen LogP contribution in [0.25, 0.3) is 0 Å². The van der Waals surface area contributed by atoms with Crippen LogP contribution < -0.4 is 5.32 Å². The first-order valence-electron chi connectivity index (χ1n) is 7.14. The van der Waals surface area contributed by atoms with Crippen LogP contribution in [0.2, 0.25) is 0 Å². The second-order valence-corrected chi connectivity index (χ2v) is 5.47. The number of nitrogens with one attached hydrogen (secondary N) is 1. The maximum absolute atomic E-state index is 13.3. The zero-order valence-electron chi connectivity index (χ0n) is 12.7. The molecule has 1 aromatic carbocycles. The monoisotopic (exact) mass is 291 g/mol. The number of carbonyl (C=O) groups excluding carboxylic acids is 1. The number of aliphatic hydroxyl groups is 1. The number of carbonyl (C=O) groups is 1. The molecule has 0 aliphatic rings. The fourth-order valence-corrected chi connectivity index (χ4v) is 2.10. The smallest absolute Gasteiger partial charge is 0.252 e. The molecule has 0 heterocycles. The first-order chi connectivity index (χ1) is 9.93. The molecule has 4 heteroatoms. The number of amides is 1. The molecule has 3 nitrogen and oxygen atoms in total. The molecule has 0 aliphatic carbocycles. The Morgan fingerprint density at radius 3 is 2.71 bits per heavy atom. The van der Waals surface area contributed by atoms with E-state index in [1.807, 2.05) is 6.92 Å². The Hall–Kier alpha value is -1.86. The normalized spacial score (nSPS) is 11.7. The molecule has 0 aliphatic heterocycles. The molecule has 0 radical (unpaired) electrons. The third kappa shape index (κ3) is 5.97. The van der Waals surface area contributed by atoms with Gasteiger partial charge in [-0.2, -0.15) is 0 Å². The molecular formula is C17H22FNO2. The van der Waals surface area contributed by atoms with Gasteiger partial charge in [-0.25, -0.2) is 4.39 Å². The maximum atomic E-state index is 13.3. The Morgan fingerprint density at radius 2 is 2.10 bits per heavy atom. The zero-order chi connectivity index (χ0) is 15.8. The highest BCUT2D eigenvalue weighted by Crippen LogP contribution is 2.12. The van der Waals surface area contributed by atoms with E-state index in [0.717, 1.165) is 6.42 Å². The molecule has 1 amide bonds. The van der Waals surface area contributed by atoms with Crippen molar-refractivity contribution in [1.82, 2.24) is 5.32 Å². The summed E-state index contributed by atoms with van der Waals surface area (Å²) in [4.78, 5) is 12.3. The lowest BCUT2D eigenvalue weighted by Gasteiger charge is -2.16. The van der Waals surface area contributed by atoms with Crippen molar-refractivity contribution >= 4 is 5.91 Å². The SMILES string of the molecule is CC(C)CC(C)NC(=O)c1ccc(F)cc1C#CCCO. The van der Waals surface area contributed by atoms with Crippen LogP contribution in [0.5, 0.6) is 0 Å². The van der Waals surface area contributed by atoms with E-state index in [0.29, 0.717) is 23.5 Å². The van der Waals surface area contributed by atoms with Crippen LogP contribution in [0.15, 0.2) is 18.2 Å². The molecule has 0 fully saturated rings. The van der Waals surface area contributed by atoms with Gasteiger partial charge in [-0.1, -0.05) is 25.7 Å². The predicted octanol–water partition coefficient (Wildman–Crippen LogP) is 2.72. The first-order valence-corrected chi connectivity index (χ1v) is 7.14. The molecular weight excluding hydrogens is 269 g/mol. The Bertz CT molecular complexity index is 543. The van der Waals surface area contributed by atoms with E-state index in [1.165, 1.54) is 18.2 Å². The quantitative estimate of drug-likeness (QED) is 0.820. The number of aliphatic hydroxyl groups excluding tert-OH is 1. The molecule has 0 spiro atoms. The molecule has 0 saturated heterocycles. The van der Waals surface area contributed by atoms with Crippen molar-refractivity contribution in [2.75, 3.05) is 6.61 Å². The molecule has 1 rings (SSSR count). The van der Waals surface area contributed by atoms with Crippen LogP contribution in [-0.2, 0) is 0 Å². The number of benzene rings is 1. The number of hydrogen-bond donors (Lipinski definition) is 2. The van der Waals surface area contributed by atoms with Gasteiger partial charge in [-0.05, 0) is 37.5 Å². The van der Waals surface area contributed by atoms with Crippen molar-refractivity contribution in [3.8, 4) is 11.8 Å². The summed E-state index contributed by atoms with van der Waals surface area (Å²) >= 11 is 0. The van der Waals surface area contributed by atoms with E-state index in [9.17, 15) is 9.18 Å². The van der Waals surface area contributed by atoms with E-state index >= 15 is 0 Å². The van der Waals surface area contributed by atoms with Crippen LogP contribution in [-0.4, -0.2) is 23.7 Å². The second-order valence-electron chi connectivity index (χ2n) is 5.47. The first kappa shape index (κ1) is 17.2. The fourth-order valence-electron chi connectivity index (χ4n) is 2.10. The minimum absolute atomic E-state index is 0.0424. The standard InChI is InChI=1S/C17H22FNO2/c1-12(2)10-13(3)19-17(21)16-8-7-15(18)11-14(16)6-4-5-9-20/h7-8,11-13,20H,5,9-10H2,1-3H3,(H,19,21). The lowest BCUT2D eigenvalue weighted by molar-refractivity contribution is 0.0936. The molecule has 1 aromatic rings. The Labute approximate surface area is 125 Å². The van der Waals surface area contributed by atoms with Gasteiger partial charge in [0.2, 0.25) is 0 Å². The number of hydrogen-bond acceptors (Lipinski definition) is 2. The van der Waals surface area contributed by atoms with E-state index in [4.69, 9.17) is 5.11 Å². The van der Waals surface area contributed by atoms with Crippen LogP contribution in [0.1, 0.15) is 49.5 Å². The van der Waals surface area contributed by atoms with Crippen LogP contribution in [0.4, 0.5) is 4.39 Å². The van der Waals surface area contributed by atoms with Crippen molar-refractivity contribution in [2.24, 2.45) is 5.92 Å². The van der Waals surface area contributed by atoms with E-state index in [-0.39, 0.29) is 18.6 Å². The van der Waals surface area contributed by atoms with Gasteiger partial charge in [0.05, 0.1) is 12.2 Å². The van der Waals surface area contributed by atoms with Gasteiger partial charge < -0.3 is 10.4 Å². The molecule has 0 bridgehead atoms. The maximum Gasteiger partial charge on any atom is 0.252 e. The summed E-state index contributed by atoms with van der Waals surface area (Å²) in [6.45, 7) is 6.06. The van der Waals surface area contributed by atoms with Gasteiger partial charge in [-0.15, -0.1) is 0 Å². The molecule has 1 atom stereocenters. The third-order valence-corrected chi connectivity index (χ3v) is 2.89. The minimum Gasteiger partial charge on any atom is -0.395 e. The highest BCUT2D eigenvalue weighted by atomic mass is 19.1. The van der Waals surface area contributed by atoms with E-state index < -0.39 is 5.82 Å². The minimum atomic E-state index is -0.435. The molecule has 21 heavy (non-hydrogen) atoms. The fraction of sp³-hybridized carbons (Fsp3) is 0.471. The van der Waals surface area contributed by atoms with E-state index in [1.54, 1.807) is 0 Å². The summed E-state index contributed by atoms with van der Waals surface area (Å²) in [5.41, 5.74) is 0.704. The summed E-state index contributed by atoms with van der Waals surface area (Å²) in [5, 5.41) is 11.6. The van der Waals surface area contributed by atoms with Crippen molar-refractivity contribution in [3.63, 3.8) is 0 Å². The second kappa shape index (κ2) is 8.43. The predicted molar refractivity (Wildman–Crippen MR) is 81.4 cm³/mol. The summed E-state index contributed by atoms with van der Waals surface area (Å²) in [7, 11) is 0. The topological polar surface area (TPSA) is 49.3 Å². The van der Waals surface area contributed by atoms with Crippen LogP contribution in [0, 0.1) is 23.6 Å². The highest BCUT2D eigenvalue weighted by molar-refractivity contribution is 5.96. The van der Waals surface area contributed by atoms with Gasteiger partial charge in [0.15, 0.2) is 0 Å². The van der Waals surface area contributed by atoms with Crippen molar-refractivity contribution in [3.05, 3.63) is 35.1 Å². The summed E-state index contributed by atoms with van der Waals surface area (Å²) in [5.74, 6) is 5.25. The Balaban J connectivity index is 2.91. The molecule has 1 unspecified atom stereocenters. The largest absolute Gasteiger partial charge is 0.395 e. The van der Waals surface area contributed by atoms with Crippen LogP contribution in [0.3, 0.4) is 0 Å².